The minimum Gasteiger partial charge on any atom is -0.481 e. The molecule has 0 aliphatic rings. The van der Waals surface area contributed by atoms with Gasteiger partial charge in [0.05, 0.1) is 0 Å². The fourth-order valence-electron chi connectivity index (χ4n) is 3.09. The second-order valence-electron chi connectivity index (χ2n) is 7.22. The summed E-state index contributed by atoms with van der Waals surface area (Å²) in [5.74, 6) is -0.664. The Morgan fingerprint density at radius 1 is 0.560 bits per heavy atom. The third-order valence-corrected chi connectivity index (χ3v) is 4.71. The van der Waals surface area contributed by atoms with Gasteiger partial charge in [-0.05, 0) is 38.5 Å². The van der Waals surface area contributed by atoms with Crippen LogP contribution in [0.4, 0.5) is 0 Å². The number of rotatable bonds is 20. The normalized spacial score (nSPS) is 11.4. The fraction of sp³-hybridized carbons (Fsp3) is 0.864. The number of carboxylic acid groups (broad SMARTS) is 1. The second kappa shape index (κ2) is 21.2. The molecule has 148 valence electrons. The lowest BCUT2D eigenvalue weighted by atomic mass is 10.1. The first-order valence-corrected chi connectivity index (χ1v) is 10.7. The molecule has 0 saturated heterocycles. The maximum absolute atomic E-state index is 10.4. The highest BCUT2D eigenvalue weighted by atomic mass is 16.4. The van der Waals surface area contributed by atoms with Crippen molar-refractivity contribution < 1.29 is 15.0 Å². The number of hydrogen-bond donors (Lipinski definition) is 2. The third-order valence-electron chi connectivity index (χ3n) is 4.71. The lowest BCUT2D eigenvalue weighted by Gasteiger charge is -2.01. The highest BCUT2D eigenvalue weighted by Crippen LogP contribution is 2.12. The molecule has 0 heterocycles. The Kier molecular flexibility index (Phi) is 20.5. The lowest BCUT2D eigenvalue weighted by Crippen LogP contribution is -1.93. The van der Waals surface area contributed by atoms with Crippen LogP contribution in [0.1, 0.15) is 116 Å². The Morgan fingerprint density at radius 3 is 1.32 bits per heavy atom. The number of aliphatic carboxylic acids is 1. The average molecular weight is 355 g/mol. The van der Waals surface area contributed by atoms with Gasteiger partial charge in [0.2, 0.25) is 0 Å². The van der Waals surface area contributed by atoms with Gasteiger partial charge in [-0.2, -0.15) is 0 Å². The molecule has 3 nitrogen and oxygen atoms in total. The van der Waals surface area contributed by atoms with Crippen molar-refractivity contribution in [3.8, 4) is 0 Å². The van der Waals surface area contributed by atoms with Gasteiger partial charge in [-0.3, -0.25) is 4.79 Å². The van der Waals surface area contributed by atoms with Gasteiger partial charge in [-0.1, -0.05) is 82.8 Å². The van der Waals surface area contributed by atoms with E-state index in [1.807, 2.05) is 0 Å². The summed E-state index contributed by atoms with van der Waals surface area (Å²) in [7, 11) is 0. The maximum Gasteiger partial charge on any atom is 0.303 e. The van der Waals surface area contributed by atoms with Gasteiger partial charge < -0.3 is 10.2 Å². The van der Waals surface area contributed by atoms with Gasteiger partial charge in [-0.25, -0.2) is 0 Å². The van der Waals surface area contributed by atoms with Crippen molar-refractivity contribution in [1.29, 1.82) is 0 Å². The summed E-state index contributed by atoms with van der Waals surface area (Å²) in [5, 5.41) is 17.3. The minimum atomic E-state index is -0.664. The molecule has 0 fully saturated rings. The van der Waals surface area contributed by atoms with Gasteiger partial charge >= 0.3 is 5.97 Å². The molecule has 0 unspecified atom stereocenters. The van der Waals surface area contributed by atoms with Crippen molar-refractivity contribution in [2.24, 2.45) is 0 Å². The molecule has 0 atom stereocenters. The first-order chi connectivity index (χ1) is 12.3. The lowest BCUT2D eigenvalue weighted by molar-refractivity contribution is -0.137. The van der Waals surface area contributed by atoms with Crippen molar-refractivity contribution >= 4 is 5.97 Å². The maximum atomic E-state index is 10.4. The number of unbranched alkanes of at least 4 members (excludes halogenated alkanes) is 15. The fourth-order valence-corrected chi connectivity index (χ4v) is 3.09. The van der Waals surface area contributed by atoms with Crippen LogP contribution in [0.2, 0.25) is 0 Å². The first-order valence-electron chi connectivity index (χ1n) is 10.7. The van der Waals surface area contributed by atoms with Crippen LogP contribution in [0, 0.1) is 0 Å². The van der Waals surface area contributed by atoms with Crippen LogP contribution in [0.25, 0.3) is 0 Å². The predicted molar refractivity (Wildman–Crippen MR) is 107 cm³/mol. The zero-order valence-corrected chi connectivity index (χ0v) is 16.4. The van der Waals surface area contributed by atoms with E-state index >= 15 is 0 Å². The molecule has 0 aromatic rings. The highest BCUT2D eigenvalue weighted by Gasteiger charge is 1.96. The summed E-state index contributed by atoms with van der Waals surface area (Å²) in [4.78, 5) is 10.4. The number of aliphatic hydroxyl groups excluding tert-OH is 1. The SMILES string of the molecule is O=C(O)CCCCCCCCCCC/C=C\CCCCCCCCO. The summed E-state index contributed by atoms with van der Waals surface area (Å²) in [6.45, 7) is 0.345. The van der Waals surface area contributed by atoms with Crippen molar-refractivity contribution in [3.63, 3.8) is 0 Å². The summed E-state index contributed by atoms with van der Waals surface area (Å²) in [6.07, 6.45) is 25.9. The van der Waals surface area contributed by atoms with E-state index < -0.39 is 5.97 Å². The monoisotopic (exact) mass is 354 g/mol. The molecule has 3 heteroatoms. The zero-order valence-electron chi connectivity index (χ0n) is 16.4. The molecule has 0 aliphatic carbocycles. The van der Waals surface area contributed by atoms with Crippen molar-refractivity contribution in [2.45, 2.75) is 116 Å². The third kappa shape index (κ3) is 23.2. The van der Waals surface area contributed by atoms with Gasteiger partial charge in [0.15, 0.2) is 0 Å². The Bertz CT molecular complexity index is 300. The second-order valence-corrected chi connectivity index (χ2v) is 7.22. The quantitative estimate of drug-likeness (QED) is 0.190. The van der Waals surface area contributed by atoms with Gasteiger partial charge in [0, 0.05) is 13.0 Å². The summed E-state index contributed by atoms with van der Waals surface area (Å²) in [5.41, 5.74) is 0. The Hall–Kier alpha value is -0.830. The molecular formula is C22H42O3. The Morgan fingerprint density at radius 2 is 0.920 bits per heavy atom. The minimum absolute atomic E-state index is 0.331. The van der Waals surface area contributed by atoms with Gasteiger partial charge in [-0.15, -0.1) is 0 Å². The molecule has 2 N–H and O–H groups in total. The standard InChI is InChI=1S/C22H42O3/c23-21-19-17-15-13-11-9-7-5-3-1-2-4-6-8-10-12-14-16-18-20-22(24)25/h3,5,23H,1-2,4,6-21H2,(H,24,25)/b5-3-. The largest absolute Gasteiger partial charge is 0.481 e. The first kappa shape index (κ1) is 24.2. The van der Waals surface area contributed by atoms with E-state index in [0.29, 0.717) is 13.0 Å². The van der Waals surface area contributed by atoms with Crippen LogP contribution in [-0.4, -0.2) is 22.8 Å². The van der Waals surface area contributed by atoms with Crippen LogP contribution in [0.3, 0.4) is 0 Å². The number of carbonyl (C=O) groups is 1. The van der Waals surface area contributed by atoms with Crippen molar-refractivity contribution in [1.82, 2.24) is 0 Å². The van der Waals surface area contributed by atoms with E-state index in [1.54, 1.807) is 0 Å². The topological polar surface area (TPSA) is 57.5 Å². The molecule has 0 spiro atoms. The predicted octanol–water partition coefficient (Wildman–Crippen LogP) is 6.64. The molecule has 0 bridgehead atoms. The molecule has 0 aliphatic heterocycles. The molecular weight excluding hydrogens is 312 g/mol. The average Bonchev–Trinajstić information content (AvgIpc) is 2.60. The zero-order chi connectivity index (χ0) is 18.4. The van der Waals surface area contributed by atoms with Crippen molar-refractivity contribution in [3.05, 3.63) is 12.2 Å². The van der Waals surface area contributed by atoms with Gasteiger partial charge in [0.25, 0.3) is 0 Å². The van der Waals surface area contributed by atoms with Crippen LogP contribution < -0.4 is 0 Å². The number of carboxylic acids is 1. The van der Waals surface area contributed by atoms with E-state index in [0.717, 1.165) is 19.3 Å². The Balaban J connectivity index is 3.07. The molecule has 0 saturated carbocycles. The number of hydrogen-bond acceptors (Lipinski definition) is 2. The highest BCUT2D eigenvalue weighted by molar-refractivity contribution is 5.66. The van der Waals surface area contributed by atoms with Crippen LogP contribution >= 0.6 is 0 Å². The summed E-state index contributed by atoms with van der Waals surface area (Å²) >= 11 is 0. The number of allylic oxidation sites excluding steroid dienone is 2. The number of aliphatic hydroxyl groups is 1. The van der Waals surface area contributed by atoms with E-state index in [2.05, 4.69) is 12.2 Å². The van der Waals surface area contributed by atoms with Crippen LogP contribution in [-0.2, 0) is 4.79 Å². The van der Waals surface area contributed by atoms with E-state index in [1.165, 1.54) is 89.9 Å². The van der Waals surface area contributed by atoms with Crippen LogP contribution in [0.15, 0.2) is 12.2 Å². The summed E-state index contributed by atoms with van der Waals surface area (Å²) < 4.78 is 0. The molecule has 25 heavy (non-hydrogen) atoms. The smallest absolute Gasteiger partial charge is 0.303 e. The van der Waals surface area contributed by atoms with Crippen LogP contribution in [0.5, 0.6) is 0 Å². The molecule has 0 aromatic heterocycles. The van der Waals surface area contributed by atoms with E-state index in [9.17, 15) is 4.79 Å². The van der Waals surface area contributed by atoms with Crippen molar-refractivity contribution in [2.75, 3.05) is 6.61 Å². The molecule has 0 amide bonds. The Labute approximate surface area is 155 Å². The summed E-state index contributed by atoms with van der Waals surface area (Å²) in [6, 6.07) is 0. The van der Waals surface area contributed by atoms with Gasteiger partial charge in [0.1, 0.15) is 0 Å². The van der Waals surface area contributed by atoms with E-state index in [-0.39, 0.29) is 0 Å². The van der Waals surface area contributed by atoms with E-state index in [4.69, 9.17) is 10.2 Å². The molecule has 0 rings (SSSR count). The molecule has 0 aromatic carbocycles. The molecule has 0 radical (unpaired) electrons.